The smallest absolute Gasteiger partial charge is 0.337 e. The molecule has 0 aliphatic carbocycles. The molecular weight excluding hydrogens is 260 g/mol. The lowest BCUT2D eigenvalue weighted by Crippen LogP contribution is -2.28. The maximum atomic E-state index is 11.3. The molecule has 1 aromatic carbocycles. The van der Waals surface area contributed by atoms with Crippen LogP contribution in [0.1, 0.15) is 16.8 Å². The molecule has 5 heteroatoms. The Bertz CT molecular complexity index is 400. The zero-order chi connectivity index (χ0) is 14.3. The molecule has 0 unspecified atom stereocenters. The first-order chi connectivity index (χ1) is 8.98. The third-order valence-electron chi connectivity index (χ3n) is 3.02. The third-order valence-corrected chi connectivity index (χ3v) is 5.68. The van der Waals surface area contributed by atoms with Gasteiger partial charge in [0.1, 0.15) is 5.75 Å². The van der Waals surface area contributed by atoms with E-state index < -0.39 is 8.32 Å². The first-order valence-electron chi connectivity index (χ1n) is 6.35. The molecule has 0 amide bonds. The van der Waals surface area contributed by atoms with Gasteiger partial charge in [0, 0.05) is 7.11 Å². The molecule has 106 valence electrons. The van der Waals surface area contributed by atoms with Crippen LogP contribution in [0.3, 0.4) is 0 Å². The zero-order valence-corrected chi connectivity index (χ0v) is 13.1. The van der Waals surface area contributed by atoms with E-state index in [0.717, 1.165) is 18.2 Å². The molecule has 1 aromatic rings. The fraction of sp³-hybridized carbons (Fsp3) is 0.500. The van der Waals surface area contributed by atoms with Gasteiger partial charge in [0.2, 0.25) is 0 Å². The zero-order valence-electron chi connectivity index (χ0n) is 12.1. The molecule has 19 heavy (non-hydrogen) atoms. The fourth-order valence-electron chi connectivity index (χ4n) is 1.60. The quantitative estimate of drug-likeness (QED) is 0.438. The number of hydrogen-bond donors (Lipinski definition) is 0. The van der Waals surface area contributed by atoms with Crippen LogP contribution in [0.25, 0.3) is 0 Å². The van der Waals surface area contributed by atoms with Gasteiger partial charge in [-0.05, 0) is 49.8 Å². The van der Waals surface area contributed by atoms with Crippen LogP contribution in [-0.2, 0) is 9.16 Å². The summed E-state index contributed by atoms with van der Waals surface area (Å²) in [4.78, 5) is 11.3. The Morgan fingerprint density at radius 2 is 1.79 bits per heavy atom. The van der Waals surface area contributed by atoms with Crippen LogP contribution in [0.5, 0.6) is 5.75 Å². The molecule has 0 saturated heterocycles. The van der Waals surface area contributed by atoms with Crippen LogP contribution in [0.15, 0.2) is 24.3 Å². The van der Waals surface area contributed by atoms with Gasteiger partial charge in [-0.15, -0.1) is 0 Å². The SMILES string of the molecule is COC(=O)c1ccc(OCCC[Si](C)(C)OC)cc1. The van der Waals surface area contributed by atoms with E-state index in [1.54, 1.807) is 31.4 Å². The van der Waals surface area contributed by atoms with Crippen molar-refractivity contribution in [3.05, 3.63) is 29.8 Å². The minimum absolute atomic E-state index is 0.334. The molecule has 0 heterocycles. The Balaban J connectivity index is 2.36. The predicted octanol–water partition coefficient (Wildman–Crippen LogP) is 3.09. The van der Waals surface area contributed by atoms with Crippen molar-refractivity contribution in [2.45, 2.75) is 25.6 Å². The second-order valence-electron chi connectivity index (χ2n) is 4.93. The molecule has 0 saturated carbocycles. The highest BCUT2D eigenvalue weighted by molar-refractivity contribution is 6.71. The van der Waals surface area contributed by atoms with Crippen molar-refractivity contribution in [3.8, 4) is 5.75 Å². The summed E-state index contributed by atoms with van der Waals surface area (Å²) in [5.41, 5.74) is 0.530. The van der Waals surface area contributed by atoms with Gasteiger partial charge in [-0.3, -0.25) is 0 Å². The standard InChI is InChI=1S/C14H22O4Si/c1-16-14(15)12-6-8-13(9-7-12)18-10-5-11-19(3,4)17-2/h6-9H,5,10-11H2,1-4H3. The van der Waals surface area contributed by atoms with Crippen molar-refractivity contribution >= 4 is 14.3 Å². The second-order valence-corrected chi connectivity index (χ2v) is 9.36. The lowest BCUT2D eigenvalue weighted by atomic mass is 10.2. The summed E-state index contributed by atoms with van der Waals surface area (Å²) in [6.07, 6.45) is 0.978. The number of esters is 1. The maximum Gasteiger partial charge on any atom is 0.337 e. The van der Waals surface area contributed by atoms with E-state index >= 15 is 0 Å². The molecule has 0 spiro atoms. The van der Waals surface area contributed by atoms with Crippen LogP contribution < -0.4 is 4.74 Å². The molecule has 0 atom stereocenters. The third kappa shape index (κ3) is 5.44. The van der Waals surface area contributed by atoms with Gasteiger partial charge in [0.15, 0.2) is 8.32 Å². The van der Waals surface area contributed by atoms with Crippen molar-refractivity contribution in [2.24, 2.45) is 0 Å². The van der Waals surface area contributed by atoms with Gasteiger partial charge in [0.05, 0.1) is 19.3 Å². The monoisotopic (exact) mass is 282 g/mol. The molecule has 0 aromatic heterocycles. The van der Waals surface area contributed by atoms with E-state index in [0.29, 0.717) is 12.2 Å². The summed E-state index contributed by atoms with van der Waals surface area (Å²) in [7, 11) is 1.66. The highest BCUT2D eigenvalue weighted by atomic mass is 28.4. The van der Waals surface area contributed by atoms with Crippen LogP contribution in [-0.4, -0.2) is 35.1 Å². The maximum absolute atomic E-state index is 11.3. The number of hydrogen-bond acceptors (Lipinski definition) is 4. The average molecular weight is 282 g/mol. The van der Waals surface area contributed by atoms with E-state index in [1.807, 2.05) is 0 Å². The Hall–Kier alpha value is -1.33. The molecule has 0 N–H and O–H groups in total. The second kappa shape index (κ2) is 7.30. The molecule has 0 radical (unpaired) electrons. The van der Waals surface area contributed by atoms with E-state index in [-0.39, 0.29) is 5.97 Å². The van der Waals surface area contributed by atoms with Gasteiger partial charge < -0.3 is 13.9 Å². The van der Waals surface area contributed by atoms with Gasteiger partial charge in [0.25, 0.3) is 0 Å². The van der Waals surface area contributed by atoms with Gasteiger partial charge in [-0.25, -0.2) is 4.79 Å². The summed E-state index contributed by atoms with van der Waals surface area (Å²) in [5.74, 6) is 0.434. The lowest BCUT2D eigenvalue weighted by molar-refractivity contribution is 0.0600. The fourth-order valence-corrected chi connectivity index (χ4v) is 2.79. The molecule has 0 aliphatic rings. The van der Waals surface area contributed by atoms with Crippen molar-refractivity contribution in [3.63, 3.8) is 0 Å². The molecule has 0 bridgehead atoms. The van der Waals surface area contributed by atoms with Crippen LogP contribution in [0, 0.1) is 0 Å². The van der Waals surface area contributed by atoms with Gasteiger partial charge in [-0.2, -0.15) is 0 Å². The van der Waals surface area contributed by atoms with Crippen molar-refractivity contribution in [1.29, 1.82) is 0 Å². The Morgan fingerprint density at radius 1 is 1.16 bits per heavy atom. The minimum atomic E-state index is -1.49. The number of ether oxygens (including phenoxy) is 2. The Kier molecular flexibility index (Phi) is 6.04. The molecule has 0 fully saturated rings. The van der Waals surface area contributed by atoms with E-state index in [1.165, 1.54) is 7.11 Å². The summed E-state index contributed by atoms with van der Waals surface area (Å²) >= 11 is 0. The Labute approximate surface area is 115 Å². The van der Waals surface area contributed by atoms with Gasteiger partial charge in [-0.1, -0.05) is 0 Å². The van der Waals surface area contributed by atoms with Crippen molar-refractivity contribution in [2.75, 3.05) is 20.8 Å². The summed E-state index contributed by atoms with van der Waals surface area (Å²) < 4.78 is 15.7. The topological polar surface area (TPSA) is 44.8 Å². The summed E-state index contributed by atoms with van der Waals surface area (Å²) in [5, 5.41) is 0. The number of methoxy groups -OCH3 is 1. The molecular formula is C14H22O4Si. The lowest BCUT2D eigenvalue weighted by Gasteiger charge is -2.19. The van der Waals surface area contributed by atoms with E-state index in [4.69, 9.17) is 9.16 Å². The molecule has 0 aliphatic heterocycles. The largest absolute Gasteiger partial charge is 0.494 e. The average Bonchev–Trinajstić information content (AvgIpc) is 2.43. The number of rotatable bonds is 7. The van der Waals surface area contributed by atoms with Crippen LogP contribution in [0.2, 0.25) is 19.1 Å². The van der Waals surface area contributed by atoms with E-state index in [2.05, 4.69) is 17.8 Å². The molecule has 4 nitrogen and oxygen atoms in total. The molecule has 1 rings (SSSR count). The summed E-state index contributed by atoms with van der Waals surface area (Å²) in [6.45, 7) is 5.05. The van der Waals surface area contributed by atoms with E-state index in [9.17, 15) is 4.79 Å². The van der Waals surface area contributed by atoms with Crippen molar-refractivity contribution < 1.29 is 18.7 Å². The number of benzene rings is 1. The first kappa shape index (κ1) is 15.7. The first-order valence-corrected chi connectivity index (χ1v) is 9.46. The minimum Gasteiger partial charge on any atom is -0.494 e. The van der Waals surface area contributed by atoms with Crippen LogP contribution in [0.4, 0.5) is 0 Å². The highest BCUT2D eigenvalue weighted by Crippen LogP contribution is 2.15. The number of carbonyl (C=O) groups excluding carboxylic acids is 1. The highest BCUT2D eigenvalue weighted by Gasteiger charge is 2.19. The number of carbonyl (C=O) groups is 1. The normalized spacial score (nSPS) is 11.2. The van der Waals surface area contributed by atoms with Crippen LogP contribution >= 0.6 is 0 Å². The van der Waals surface area contributed by atoms with Gasteiger partial charge >= 0.3 is 5.97 Å². The predicted molar refractivity (Wildman–Crippen MR) is 77.2 cm³/mol. The Morgan fingerprint density at radius 3 is 2.32 bits per heavy atom. The summed E-state index contributed by atoms with van der Waals surface area (Å²) in [6, 6.07) is 8.05. The van der Waals surface area contributed by atoms with Crippen molar-refractivity contribution in [1.82, 2.24) is 0 Å².